The number of halogens is 3. The molecule has 0 radical (unpaired) electrons. The summed E-state index contributed by atoms with van der Waals surface area (Å²) >= 11 is 17.6. The number of rotatable bonds is 4. The first kappa shape index (κ1) is 17.3. The number of carbonyl (C=O) groups excluding carboxylic acids is 1. The van der Waals surface area contributed by atoms with Crippen molar-refractivity contribution >= 4 is 52.5 Å². The van der Waals surface area contributed by atoms with Gasteiger partial charge in [-0.15, -0.1) is 0 Å². The van der Waals surface area contributed by atoms with Gasteiger partial charge in [-0.2, -0.15) is 0 Å². The van der Waals surface area contributed by atoms with Crippen molar-refractivity contribution in [2.45, 2.75) is 0 Å². The van der Waals surface area contributed by atoms with E-state index >= 15 is 0 Å². The summed E-state index contributed by atoms with van der Waals surface area (Å²) in [6, 6.07) is 8.31. The summed E-state index contributed by atoms with van der Waals surface area (Å²) in [7, 11) is 0. The number of benzene rings is 2. The van der Waals surface area contributed by atoms with Crippen LogP contribution in [0.4, 0.5) is 5.69 Å². The standard InChI is InChI=1S/C15H8Cl3NO4/c16-10-2-5-14(13(18)8-10)23-15(20)6-1-9-7-11(19(21)22)3-4-12(9)17/h1-8H/b6-1-. The van der Waals surface area contributed by atoms with Gasteiger partial charge in [0.15, 0.2) is 0 Å². The second-order valence-electron chi connectivity index (χ2n) is 4.29. The highest BCUT2D eigenvalue weighted by Gasteiger charge is 2.09. The molecule has 0 N–H and O–H groups in total. The van der Waals surface area contributed by atoms with Gasteiger partial charge in [0.1, 0.15) is 5.75 Å². The van der Waals surface area contributed by atoms with Gasteiger partial charge >= 0.3 is 5.97 Å². The topological polar surface area (TPSA) is 69.4 Å². The normalized spacial score (nSPS) is 10.7. The molecule has 0 amide bonds. The van der Waals surface area contributed by atoms with Gasteiger partial charge in [-0.1, -0.05) is 34.8 Å². The van der Waals surface area contributed by atoms with Gasteiger partial charge in [0.25, 0.3) is 5.69 Å². The Kier molecular flexibility index (Phi) is 5.60. The minimum absolute atomic E-state index is 0.136. The maximum absolute atomic E-state index is 11.8. The summed E-state index contributed by atoms with van der Waals surface area (Å²) in [6.45, 7) is 0. The Balaban J connectivity index is 2.15. The van der Waals surface area contributed by atoms with Crippen LogP contribution < -0.4 is 4.74 Å². The van der Waals surface area contributed by atoms with E-state index in [0.29, 0.717) is 10.6 Å². The number of nitrogens with zero attached hydrogens (tertiary/aromatic N) is 1. The van der Waals surface area contributed by atoms with Gasteiger partial charge < -0.3 is 4.74 Å². The molecule has 0 saturated heterocycles. The summed E-state index contributed by atoms with van der Waals surface area (Å²) < 4.78 is 5.05. The van der Waals surface area contributed by atoms with Crippen LogP contribution in [0.5, 0.6) is 5.75 Å². The Morgan fingerprint density at radius 2 is 1.83 bits per heavy atom. The molecule has 2 aromatic carbocycles. The molecule has 0 unspecified atom stereocenters. The fourth-order valence-corrected chi connectivity index (χ4v) is 2.26. The lowest BCUT2D eigenvalue weighted by molar-refractivity contribution is -0.384. The summed E-state index contributed by atoms with van der Waals surface area (Å²) in [6.07, 6.45) is 2.41. The SMILES string of the molecule is O=C(/C=C\c1cc([N+](=O)[O-])ccc1Cl)Oc1ccc(Cl)cc1Cl. The first-order valence-corrected chi connectivity index (χ1v) is 7.29. The second-order valence-corrected chi connectivity index (χ2v) is 5.54. The number of carbonyl (C=O) groups is 1. The monoisotopic (exact) mass is 371 g/mol. The molecule has 0 aromatic heterocycles. The third kappa shape index (κ3) is 4.69. The zero-order valence-electron chi connectivity index (χ0n) is 11.3. The Bertz CT molecular complexity index is 805. The molecule has 5 nitrogen and oxygen atoms in total. The predicted molar refractivity (Wildman–Crippen MR) is 89.2 cm³/mol. The van der Waals surface area contributed by atoms with Gasteiger partial charge in [-0.3, -0.25) is 10.1 Å². The summed E-state index contributed by atoms with van der Waals surface area (Å²) in [4.78, 5) is 21.9. The molecule has 23 heavy (non-hydrogen) atoms. The van der Waals surface area contributed by atoms with Crippen LogP contribution in [0.2, 0.25) is 15.1 Å². The van der Waals surface area contributed by atoms with Crippen molar-refractivity contribution in [3.05, 3.63) is 73.2 Å². The molecule has 0 fully saturated rings. The maximum Gasteiger partial charge on any atom is 0.336 e. The van der Waals surface area contributed by atoms with Crippen LogP contribution in [0, 0.1) is 10.1 Å². The summed E-state index contributed by atoms with van der Waals surface area (Å²) in [5, 5.41) is 11.6. The minimum Gasteiger partial charge on any atom is -0.422 e. The van der Waals surface area contributed by atoms with E-state index in [1.807, 2.05) is 0 Å². The van der Waals surface area contributed by atoms with Crippen LogP contribution in [0.3, 0.4) is 0 Å². The largest absolute Gasteiger partial charge is 0.422 e. The molecule has 8 heteroatoms. The average molecular weight is 373 g/mol. The van der Waals surface area contributed by atoms with Crippen LogP contribution in [0.1, 0.15) is 5.56 Å². The molecular formula is C15H8Cl3NO4. The number of non-ortho nitro benzene ring substituents is 1. The summed E-state index contributed by atoms with van der Waals surface area (Å²) in [5.41, 5.74) is 0.184. The number of nitro groups is 1. The van der Waals surface area contributed by atoms with Gasteiger partial charge in [0.05, 0.1) is 9.95 Å². The van der Waals surface area contributed by atoms with Gasteiger partial charge in [0.2, 0.25) is 0 Å². The van der Waals surface area contributed by atoms with E-state index in [1.165, 1.54) is 42.5 Å². The molecule has 2 rings (SSSR count). The second kappa shape index (κ2) is 7.46. The summed E-state index contributed by atoms with van der Waals surface area (Å²) in [5.74, 6) is -0.562. The number of ether oxygens (including phenoxy) is 1. The molecule has 0 aliphatic carbocycles. The highest BCUT2D eigenvalue weighted by molar-refractivity contribution is 6.35. The van der Waals surface area contributed by atoms with E-state index < -0.39 is 10.9 Å². The van der Waals surface area contributed by atoms with Gasteiger partial charge in [-0.25, -0.2) is 4.79 Å². The van der Waals surface area contributed by atoms with Crippen molar-refractivity contribution in [1.29, 1.82) is 0 Å². The lowest BCUT2D eigenvalue weighted by atomic mass is 10.2. The average Bonchev–Trinajstić information content (AvgIpc) is 2.49. The highest BCUT2D eigenvalue weighted by Crippen LogP contribution is 2.28. The Labute approximate surface area is 146 Å². The highest BCUT2D eigenvalue weighted by atomic mass is 35.5. The smallest absolute Gasteiger partial charge is 0.336 e. The van der Waals surface area contributed by atoms with E-state index in [4.69, 9.17) is 39.5 Å². The molecule has 0 atom stereocenters. The van der Waals surface area contributed by atoms with Gasteiger partial charge in [0, 0.05) is 33.8 Å². The molecule has 0 aliphatic heterocycles. The first-order valence-electron chi connectivity index (χ1n) is 6.15. The molecule has 0 bridgehead atoms. The fraction of sp³-hybridized carbons (Fsp3) is 0. The Morgan fingerprint density at radius 1 is 1.09 bits per heavy atom. The number of esters is 1. The predicted octanol–water partition coefficient (Wildman–Crippen LogP) is 5.17. The van der Waals surface area contributed by atoms with Crippen LogP contribution in [-0.2, 0) is 4.79 Å². The van der Waals surface area contributed by atoms with E-state index in [-0.39, 0.29) is 21.5 Å². The zero-order chi connectivity index (χ0) is 17.0. The van der Waals surface area contributed by atoms with E-state index in [9.17, 15) is 14.9 Å². The van der Waals surface area contributed by atoms with Crippen molar-refractivity contribution in [1.82, 2.24) is 0 Å². The Hall–Kier alpha value is -2.08. The lowest BCUT2D eigenvalue weighted by Crippen LogP contribution is -2.04. The molecule has 0 aliphatic rings. The molecule has 0 saturated carbocycles. The molecule has 2 aromatic rings. The molecule has 0 spiro atoms. The van der Waals surface area contributed by atoms with Crippen molar-refractivity contribution in [3.63, 3.8) is 0 Å². The third-order valence-electron chi connectivity index (χ3n) is 2.69. The molecule has 118 valence electrons. The maximum atomic E-state index is 11.8. The van der Waals surface area contributed by atoms with Crippen LogP contribution in [-0.4, -0.2) is 10.9 Å². The number of hydrogen-bond acceptors (Lipinski definition) is 4. The minimum atomic E-state index is -0.711. The number of hydrogen-bond donors (Lipinski definition) is 0. The lowest BCUT2D eigenvalue weighted by Gasteiger charge is -2.04. The Morgan fingerprint density at radius 3 is 2.48 bits per heavy atom. The van der Waals surface area contributed by atoms with E-state index in [2.05, 4.69) is 0 Å². The molecular weight excluding hydrogens is 365 g/mol. The van der Waals surface area contributed by atoms with Crippen molar-refractivity contribution < 1.29 is 14.5 Å². The van der Waals surface area contributed by atoms with E-state index in [0.717, 1.165) is 6.08 Å². The zero-order valence-corrected chi connectivity index (χ0v) is 13.6. The van der Waals surface area contributed by atoms with Gasteiger partial charge in [-0.05, 0) is 30.3 Å². The quantitative estimate of drug-likeness (QED) is 0.244. The number of nitro benzene ring substituents is 1. The van der Waals surface area contributed by atoms with Crippen molar-refractivity contribution in [2.24, 2.45) is 0 Å². The van der Waals surface area contributed by atoms with Crippen molar-refractivity contribution in [2.75, 3.05) is 0 Å². The van der Waals surface area contributed by atoms with Crippen LogP contribution in [0.15, 0.2) is 42.5 Å². The fourth-order valence-electron chi connectivity index (χ4n) is 1.63. The third-order valence-corrected chi connectivity index (χ3v) is 3.57. The molecule has 0 heterocycles. The van der Waals surface area contributed by atoms with Crippen LogP contribution in [0.25, 0.3) is 6.08 Å². The van der Waals surface area contributed by atoms with E-state index in [1.54, 1.807) is 0 Å². The first-order chi connectivity index (χ1) is 10.9. The van der Waals surface area contributed by atoms with Crippen molar-refractivity contribution in [3.8, 4) is 5.75 Å². The van der Waals surface area contributed by atoms with Crippen LogP contribution >= 0.6 is 34.8 Å².